The summed E-state index contributed by atoms with van der Waals surface area (Å²) in [7, 11) is 0. The molecule has 1 fully saturated rings. The molecule has 2 rings (SSSR count). The average Bonchev–Trinajstić information content (AvgIpc) is 2.98. The molecular formula is C18H28N2O3. The van der Waals surface area contributed by atoms with Crippen molar-refractivity contribution in [1.29, 1.82) is 0 Å². The van der Waals surface area contributed by atoms with E-state index in [1.54, 1.807) is 0 Å². The van der Waals surface area contributed by atoms with Gasteiger partial charge in [0.2, 0.25) is 0 Å². The number of rotatable bonds is 7. The monoisotopic (exact) mass is 320 g/mol. The maximum atomic E-state index is 11.7. The molecule has 0 aliphatic carbocycles. The third-order valence-electron chi connectivity index (χ3n) is 3.53. The van der Waals surface area contributed by atoms with Crippen molar-refractivity contribution < 1.29 is 14.3 Å². The van der Waals surface area contributed by atoms with E-state index >= 15 is 0 Å². The van der Waals surface area contributed by atoms with Crippen molar-refractivity contribution in [2.75, 3.05) is 19.8 Å². The van der Waals surface area contributed by atoms with Crippen LogP contribution in [0.1, 0.15) is 39.2 Å². The lowest BCUT2D eigenvalue weighted by Crippen LogP contribution is -2.43. The van der Waals surface area contributed by atoms with Crippen LogP contribution in [0.25, 0.3) is 0 Å². The number of carbonyl (C=O) groups is 1. The first-order valence-electron chi connectivity index (χ1n) is 8.27. The Morgan fingerprint density at radius 3 is 2.65 bits per heavy atom. The summed E-state index contributed by atoms with van der Waals surface area (Å²) >= 11 is 0. The topological polar surface area (TPSA) is 59.6 Å². The minimum atomic E-state index is -0.237. The van der Waals surface area contributed by atoms with E-state index in [0.717, 1.165) is 26.1 Å². The molecule has 5 heteroatoms. The smallest absolute Gasteiger partial charge is 0.258 e. The highest BCUT2D eigenvalue weighted by Gasteiger charge is 2.15. The summed E-state index contributed by atoms with van der Waals surface area (Å²) in [5, 5.41) is 6.28. The number of nitrogens with one attached hydrogen (secondary N) is 2. The summed E-state index contributed by atoms with van der Waals surface area (Å²) in [4.78, 5) is 11.7. The Hall–Kier alpha value is -1.59. The fraction of sp³-hybridized carbons (Fsp3) is 0.611. The Labute approximate surface area is 138 Å². The highest BCUT2D eigenvalue weighted by Crippen LogP contribution is 2.13. The van der Waals surface area contributed by atoms with Gasteiger partial charge in [0, 0.05) is 25.2 Å². The van der Waals surface area contributed by atoms with Gasteiger partial charge < -0.3 is 20.1 Å². The van der Waals surface area contributed by atoms with E-state index in [9.17, 15) is 4.79 Å². The van der Waals surface area contributed by atoms with Crippen molar-refractivity contribution in [3.8, 4) is 5.75 Å². The molecule has 1 aliphatic heterocycles. The van der Waals surface area contributed by atoms with Crippen LogP contribution in [0.5, 0.6) is 5.75 Å². The Morgan fingerprint density at radius 2 is 2.04 bits per heavy atom. The SMILES string of the molecule is CC(C)(C)NC(=O)COc1ccc(CNC[C@@H]2CCCO2)cc1. The van der Waals surface area contributed by atoms with Crippen LogP contribution in [0.2, 0.25) is 0 Å². The fourth-order valence-electron chi connectivity index (χ4n) is 2.49. The second kappa shape index (κ2) is 8.31. The molecule has 1 aromatic rings. The summed E-state index contributed by atoms with van der Waals surface area (Å²) in [5.74, 6) is 0.594. The second-order valence-electron chi connectivity index (χ2n) is 7.00. The van der Waals surface area contributed by atoms with Gasteiger partial charge in [-0.05, 0) is 51.3 Å². The van der Waals surface area contributed by atoms with Gasteiger partial charge in [0.25, 0.3) is 5.91 Å². The van der Waals surface area contributed by atoms with Gasteiger partial charge in [0.15, 0.2) is 6.61 Å². The summed E-state index contributed by atoms with van der Waals surface area (Å²) in [6.07, 6.45) is 2.68. The largest absolute Gasteiger partial charge is 0.484 e. The fourth-order valence-corrected chi connectivity index (χ4v) is 2.49. The summed E-state index contributed by atoms with van der Waals surface area (Å²) in [5.41, 5.74) is 0.952. The molecule has 0 saturated carbocycles. The Balaban J connectivity index is 1.68. The van der Waals surface area contributed by atoms with Crippen LogP contribution in [0.15, 0.2) is 24.3 Å². The van der Waals surface area contributed by atoms with Crippen LogP contribution in [0.3, 0.4) is 0 Å². The van der Waals surface area contributed by atoms with Crippen LogP contribution in [0, 0.1) is 0 Å². The van der Waals surface area contributed by atoms with Crippen LogP contribution < -0.4 is 15.4 Å². The van der Waals surface area contributed by atoms with Gasteiger partial charge in [-0.3, -0.25) is 4.79 Å². The van der Waals surface area contributed by atoms with Gasteiger partial charge in [0.1, 0.15) is 5.75 Å². The van der Waals surface area contributed by atoms with Crippen LogP contribution >= 0.6 is 0 Å². The van der Waals surface area contributed by atoms with Crippen molar-refractivity contribution in [3.05, 3.63) is 29.8 Å². The predicted octanol–water partition coefficient (Wildman–Crippen LogP) is 2.25. The van der Waals surface area contributed by atoms with E-state index in [4.69, 9.17) is 9.47 Å². The average molecular weight is 320 g/mol. The molecule has 1 aromatic carbocycles. The minimum Gasteiger partial charge on any atom is -0.484 e. The van der Waals surface area contributed by atoms with Crippen molar-refractivity contribution in [1.82, 2.24) is 10.6 Å². The Bertz CT molecular complexity index is 488. The zero-order chi connectivity index (χ0) is 16.7. The molecule has 1 atom stereocenters. The van der Waals surface area contributed by atoms with Crippen LogP contribution in [-0.4, -0.2) is 37.3 Å². The normalized spacial score (nSPS) is 18.0. The highest BCUT2D eigenvalue weighted by molar-refractivity contribution is 5.78. The van der Waals surface area contributed by atoms with Crippen LogP contribution in [-0.2, 0) is 16.1 Å². The number of benzene rings is 1. The molecular weight excluding hydrogens is 292 g/mol. The molecule has 23 heavy (non-hydrogen) atoms. The molecule has 1 aliphatic rings. The standard InChI is InChI=1S/C18H28N2O3/c1-18(2,3)20-17(21)13-23-15-8-6-14(7-9-15)11-19-12-16-5-4-10-22-16/h6-9,16,19H,4-5,10-13H2,1-3H3,(H,20,21)/t16-/m0/s1. The van der Waals surface area contributed by atoms with Gasteiger partial charge in [-0.15, -0.1) is 0 Å². The predicted molar refractivity (Wildman–Crippen MR) is 90.5 cm³/mol. The molecule has 0 spiro atoms. The van der Waals surface area contributed by atoms with Crippen molar-refractivity contribution in [2.24, 2.45) is 0 Å². The van der Waals surface area contributed by atoms with Gasteiger partial charge in [-0.2, -0.15) is 0 Å². The molecule has 1 amide bonds. The van der Waals surface area contributed by atoms with Gasteiger partial charge in [-0.1, -0.05) is 12.1 Å². The minimum absolute atomic E-state index is 0.0356. The zero-order valence-corrected chi connectivity index (χ0v) is 14.4. The molecule has 0 bridgehead atoms. The molecule has 1 heterocycles. The lowest BCUT2D eigenvalue weighted by atomic mass is 10.1. The lowest BCUT2D eigenvalue weighted by molar-refractivity contribution is -0.124. The Kier molecular flexibility index (Phi) is 6.42. The quantitative estimate of drug-likeness (QED) is 0.809. The van der Waals surface area contributed by atoms with E-state index in [0.29, 0.717) is 11.9 Å². The second-order valence-corrected chi connectivity index (χ2v) is 7.00. The molecule has 1 saturated heterocycles. The first-order chi connectivity index (χ1) is 10.9. The molecule has 2 N–H and O–H groups in total. The van der Waals surface area contributed by atoms with Crippen molar-refractivity contribution in [3.63, 3.8) is 0 Å². The number of hydrogen-bond donors (Lipinski definition) is 2. The maximum Gasteiger partial charge on any atom is 0.258 e. The third kappa shape index (κ3) is 7.01. The molecule has 0 radical (unpaired) electrons. The summed E-state index contributed by atoms with van der Waals surface area (Å²) in [6.45, 7) is 8.47. The zero-order valence-electron chi connectivity index (χ0n) is 14.4. The van der Waals surface area contributed by atoms with Crippen molar-refractivity contribution >= 4 is 5.91 Å². The number of hydrogen-bond acceptors (Lipinski definition) is 4. The van der Waals surface area contributed by atoms with E-state index < -0.39 is 0 Å². The van der Waals surface area contributed by atoms with Crippen LogP contribution in [0.4, 0.5) is 0 Å². The number of ether oxygens (including phenoxy) is 2. The van der Waals surface area contributed by atoms with E-state index in [1.807, 2.05) is 45.0 Å². The lowest BCUT2D eigenvalue weighted by Gasteiger charge is -2.20. The Morgan fingerprint density at radius 1 is 1.30 bits per heavy atom. The van der Waals surface area contributed by atoms with E-state index in [1.165, 1.54) is 12.0 Å². The molecule has 5 nitrogen and oxygen atoms in total. The molecule has 0 aromatic heterocycles. The summed E-state index contributed by atoms with van der Waals surface area (Å²) < 4.78 is 11.1. The number of carbonyl (C=O) groups excluding carboxylic acids is 1. The number of amides is 1. The van der Waals surface area contributed by atoms with E-state index in [2.05, 4.69) is 10.6 Å². The first kappa shape index (κ1) is 17.8. The summed E-state index contributed by atoms with van der Waals surface area (Å²) in [6, 6.07) is 7.82. The van der Waals surface area contributed by atoms with Gasteiger partial charge in [-0.25, -0.2) is 0 Å². The van der Waals surface area contributed by atoms with Crippen molar-refractivity contribution in [2.45, 2.75) is 51.8 Å². The highest BCUT2D eigenvalue weighted by atomic mass is 16.5. The molecule has 0 unspecified atom stereocenters. The first-order valence-corrected chi connectivity index (χ1v) is 8.27. The molecule has 128 valence electrons. The van der Waals surface area contributed by atoms with Gasteiger partial charge in [0.05, 0.1) is 6.10 Å². The third-order valence-corrected chi connectivity index (χ3v) is 3.53. The van der Waals surface area contributed by atoms with E-state index in [-0.39, 0.29) is 18.1 Å². The maximum absolute atomic E-state index is 11.7. The van der Waals surface area contributed by atoms with Gasteiger partial charge >= 0.3 is 0 Å².